The smallest absolute Gasteiger partial charge is 0.320 e. The fraction of sp³-hybridized carbons (Fsp3) is 0.294. The monoisotopic (exact) mass is 582 g/mol. The zero-order chi connectivity index (χ0) is 29.4. The van der Waals surface area contributed by atoms with Gasteiger partial charge in [-0.1, -0.05) is 91.0 Å². The molecule has 0 aliphatic carbocycles. The lowest BCUT2D eigenvalue weighted by atomic mass is 10.0. The van der Waals surface area contributed by atoms with Crippen molar-refractivity contribution in [3.8, 4) is 11.9 Å². The highest BCUT2D eigenvalue weighted by molar-refractivity contribution is 5.81. The van der Waals surface area contributed by atoms with Crippen LogP contribution < -0.4 is 9.47 Å². The van der Waals surface area contributed by atoms with Crippen LogP contribution in [0.2, 0.25) is 0 Å². The average Bonchev–Trinajstić information content (AvgIpc) is 3.64. The molecule has 1 aliphatic heterocycles. The van der Waals surface area contributed by atoms with E-state index in [9.17, 15) is 0 Å². The van der Waals surface area contributed by atoms with Crippen molar-refractivity contribution in [1.29, 1.82) is 0 Å². The second-order valence-electron chi connectivity index (χ2n) is 10.2. The van der Waals surface area contributed by atoms with E-state index in [-0.39, 0.29) is 11.9 Å². The Morgan fingerprint density at radius 2 is 1.26 bits per heavy atom. The minimum Gasteiger partial charge on any atom is -0.478 e. The standard InChI is InChI=1S/C34H34N2O7/c1-37-33-31-28(35-34(36-33)38-2)26(21-42-31)29-32(41-20-25-16-10-5-11-17-25)30(40-19-24-14-8-4-9-15-24)27(43-29)22-39-18-23-12-6-3-7-13-23/h3-17,21,27,29-30,32H,18-20,22H2,1-2H3/t27-,29+,30-,32+/m1/s1. The van der Waals surface area contributed by atoms with Gasteiger partial charge in [-0.2, -0.15) is 9.97 Å². The van der Waals surface area contributed by atoms with E-state index < -0.39 is 24.4 Å². The number of aromatic nitrogens is 2. The first-order chi connectivity index (χ1) is 21.2. The molecule has 6 rings (SSSR count). The van der Waals surface area contributed by atoms with Crippen LogP contribution in [0.15, 0.2) is 102 Å². The Kier molecular flexibility index (Phi) is 9.25. The first-order valence-electron chi connectivity index (χ1n) is 14.2. The number of ether oxygens (including phenoxy) is 6. The maximum absolute atomic E-state index is 6.72. The van der Waals surface area contributed by atoms with Crippen molar-refractivity contribution >= 4 is 11.1 Å². The Balaban J connectivity index is 1.33. The van der Waals surface area contributed by atoms with Gasteiger partial charge in [-0.15, -0.1) is 0 Å². The van der Waals surface area contributed by atoms with E-state index in [4.69, 9.17) is 32.8 Å². The van der Waals surface area contributed by atoms with Gasteiger partial charge in [-0.25, -0.2) is 0 Å². The molecule has 0 bridgehead atoms. The Bertz CT molecular complexity index is 1580. The van der Waals surface area contributed by atoms with Gasteiger partial charge >= 0.3 is 6.01 Å². The molecular weight excluding hydrogens is 548 g/mol. The second-order valence-corrected chi connectivity index (χ2v) is 10.2. The maximum atomic E-state index is 6.72. The molecular formula is C34H34N2O7. The molecule has 43 heavy (non-hydrogen) atoms. The summed E-state index contributed by atoms with van der Waals surface area (Å²) in [4.78, 5) is 8.86. The lowest BCUT2D eigenvalue weighted by Gasteiger charge is -2.25. The molecule has 3 heterocycles. The van der Waals surface area contributed by atoms with Gasteiger partial charge in [-0.3, -0.25) is 0 Å². The fourth-order valence-electron chi connectivity index (χ4n) is 5.22. The first-order valence-corrected chi connectivity index (χ1v) is 14.2. The lowest BCUT2D eigenvalue weighted by molar-refractivity contribution is -0.0898. The predicted octanol–water partition coefficient (Wildman–Crippen LogP) is 6.07. The summed E-state index contributed by atoms with van der Waals surface area (Å²) < 4.78 is 42.9. The van der Waals surface area contributed by atoms with Crippen LogP contribution in [-0.4, -0.2) is 49.1 Å². The zero-order valence-corrected chi connectivity index (χ0v) is 24.1. The zero-order valence-electron chi connectivity index (χ0n) is 24.1. The van der Waals surface area contributed by atoms with Gasteiger partial charge < -0.3 is 32.8 Å². The average molecular weight is 583 g/mol. The predicted molar refractivity (Wildman–Crippen MR) is 159 cm³/mol. The van der Waals surface area contributed by atoms with Crippen LogP contribution in [0.1, 0.15) is 28.4 Å². The van der Waals surface area contributed by atoms with Crippen molar-refractivity contribution in [2.45, 2.75) is 44.2 Å². The molecule has 4 atom stereocenters. The van der Waals surface area contributed by atoms with Crippen LogP contribution in [-0.2, 0) is 38.8 Å². The molecule has 0 saturated carbocycles. The summed E-state index contributed by atoms with van der Waals surface area (Å²) in [6.07, 6.45) is -0.372. The van der Waals surface area contributed by atoms with E-state index in [1.165, 1.54) is 14.2 Å². The highest BCUT2D eigenvalue weighted by Gasteiger charge is 2.48. The second kappa shape index (κ2) is 13.8. The van der Waals surface area contributed by atoms with Crippen LogP contribution in [0.25, 0.3) is 11.1 Å². The van der Waals surface area contributed by atoms with Crippen molar-refractivity contribution in [2.75, 3.05) is 20.8 Å². The summed E-state index contributed by atoms with van der Waals surface area (Å²) in [7, 11) is 3.03. The summed E-state index contributed by atoms with van der Waals surface area (Å²) in [6, 6.07) is 30.3. The van der Waals surface area contributed by atoms with Crippen LogP contribution >= 0.6 is 0 Å². The Labute approximate surface area is 250 Å². The summed E-state index contributed by atoms with van der Waals surface area (Å²) in [5.74, 6) is 0.271. The maximum Gasteiger partial charge on any atom is 0.320 e. The topological polar surface area (TPSA) is 94.3 Å². The Morgan fingerprint density at radius 1 is 0.674 bits per heavy atom. The van der Waals surface area contributed by atoms with Gasteiger partial charge in [0.25, 0.3) is 5.88 Å². The minimum atomic E-state index is -0.583. The van der Waals surface area contributed by atoms with Gasteiger partial charge in [0.05, 0.1) is 46.9 Å². The van der Waals surface area contributed by atoms with Crippen LogP contribution in [0, 0.1) is 0 Å². The number of furan rings is 1. The Morgan fingerprint density at radius 3 is 1.84 bits per heavy atom. The van der Waals surface area contributed by atoms with Crippen molar-refractivity contribution in [3.05, 3.63) is 120 Å². The van der Waals surface area contributed by atoms with Crippen molar-refractivity contribution < 1.29 is 32.8 Å². The summed E-state index contributed by atoms with van der Waals surface area (Å²) in [5.41, 5.74) is 4.77. The van der Waals surface area contributed by atoms with E-state index >= 15 is 0 Å². The molecule has 1 aliphatic rings. The summed E-state index contributed by atoms with van der Waals surface area (Å²) >= 11 is 0. The van der Waals surface area contributed by atoms with E-state index in [1.807, 2.05) is 91.0 Å². The van der Waals surface area contributed by atoms with Crippen LogP contribution in [0.5, 0.6) is 11.9 Å². The van der Waals surface area contributed by atoms with Crippen molar-refractivity contribution in [1.82, 2.24) is 9.97 Å². The highest BCUT2D eigenvalue weighted by Crippen LogP contribution is 2.42. The van der Waals surface area contributed by atoms with Gasteiger partial charge in [-0.05, 0) is 16.7 Å². The molecule has 0 amide bonds. The van der Waals surface area contributed by atoms with E-state index in [0.29, 0.717) is 43.1 Å². The molecule has 2 aromatic heterocycles. The highest BCUT2D eigenvalue weighted by atomic mass is 16.6. The molecule has 9 nitrogen and oxygen atoms in total. The number of nitrogens with zero attached hydrogens (tertiary/aromatic N) is 2. The normalized spacial score (nSPS) is 20.0. The van der Waals surface area contributed by atoms with Gasteiger partial charge in [0.1, 0.15) is 29.9 Å². The molecule has 9 heteroatoms. The third-order valence-electron chi connectivity index (χ3n) is 7.35. The molecule has 0 unspecified atom stereocenters. The molecule has 5 aromatic rings. The first kappa shape index (κ1) is 28.8. The van der Waals surface area contributed by atoms with E-state index in [1.54, 1.807) is 6.26 Å². The van der Waals surface area contributed by atoms with E-state index in [2.05, 4.69) is 9.97 Å². The number of rotatable bonds is 13. The molecule has 1 fully saturated rings. The van der Waals surface area contributed by atoms with E-state index in [0.717, 1.165) is 16.7 Å². The lowest BCUT2D eigenvalue weighted by Crippen LogP contribution is -2.37. The number of benzene rings is 3. The quantitative estimate of drug-likeness (QED) is 0.164. The number of methoxy groups -OCH3 is 2. The van der Waals surface area contributed by atoms with Gasteiger partial charge in [0, 0.05) is 5.56 Å². The molecule has 1 saturated heterocycles. The molecule has 0 spiro atoms. The number of hydrogen-bond donors (Lipinski definition) is 0. The fourth-order valence-corrected chi connectivity index (χ4v) is 5.22. The Hall–Kier alpha value is -4.28. The SMILES string of the molecule is COc1nc(OC)c2occ([C@@H]3O[C@H](COCc4ccccc4)[C@@H](OCc4ccccc4)[C@H]3OCc3ccccc3)c2n1. The molecule has 0 N–H and O–H groups in total. The van der Waals surface area contributed by atoms with Gasteiger partial charge in [0.15, 0.2) is 0 Å². The van der Waals surface area contributed by atoms with Crippen molar-refractivity contribution in [2.24, 2.45) is 0 Å². The molecule has 0 radical (unpaired) electrons. The van der Waals surface area contributed by atoms with Gasteiger partial charge in [0.2, 0.25) is 5.58 Å². The number of fused-ring (bicyclic) bond motifs is 1. The van der Waals surface area contributed by atoms with Crippen molar-refractivity contribution in [3.63, 3.8) is 0 Å². The summed E-state index contributed by atoms with van der Waals surface area (Å²) in [5, 5.41) is 0. The minimum absolute atomic E-state index is 0.159. The largest absolute Gasteiger partial charge is 0.478 e. The van der Waals surface area contributed by atoms with Crippen LogP contribution in [0.4, 0.5) is 0 Å². The molecule has 3 aromatic carbocycles. The molecule has 222 valence electrons. The summed E-state index contributed by atoms with van der Waals surface area (Å²) in [6.45, 7) is 1.50. The third kappa shape index (κ3) is 6.71. The third-order valence-corrected chi connectivity index (χ3v) is 7.35. The van der Waals surface area contributed by atoms with Crippen LogP contribution in [0.3, 0.4) is 0 Å². The number of hydrogen-bond acceptors (Lipinski definition) is 9.